The van der Waals surface area contributed by atoms with Crippen molar-refractivity contribution in [3.63, 3.8) is 0 Å². The van der Waals surface area contributed by atoms with Crippen LogP contribution in [-0.4, -0.2) is 82.4 Å². The first-order chi connectivity index (χ1) is 19.6. The Morgan fingerprint density at radius 1 is 1.07 bits per heavy atom. The fraction of sp³-hybridized carbons (Fsp3) is 0.500. The van der Waals surface area contributed by atoms with Crippen LogP contribution in [0.3, 0.4) is 0 Å². The third kappa shape index (κ3) is 5.66. The number of H-pyrrole nitrogens is 1. The minimum atomic E-state index is -3.76. The molecule has 0 atom stereocenters. The van der Waals surface area contributed by atoms with Crippen molar-refractivity contribution in [2.75, 3.05) is 39.8 Å². The Bertz CT molecular complexity index is 1700. The molecule has 4 aromatic rings. The van der Waals surface area contributed by atoms with Gasteiger partial charge < -0.3 is 19.1 Å². The van der Waals surface area contributed by atoms with Gasteiger partial charge in [-0.2, -0.15) is 9.40 Å². The molecule has 41 heavy (non-hydrogen) atoms. The van der Waals surface area contributed by atoms with Crippen molar-refractivity contribution in [3.8, 4) is 17.1 Å². The average Bonchev–Trinajstić information content (AvgIpc) is 3.47. The van der Waals surface area contributed by atoms with Crippen LogP contribution in [0.5, 0.6) is 5.75 Å². The summed E-state index contributed by atoms with van der Waals surface area (Å²) < 4.78 is 41.8. The van der Waals surface area contributed by atoms with Crippen LogP contribution in [-0.2, 0) is 23.0 Å². The van der Waals surface area contributed by atoms with E-state index in [0.29, 0.717) is 68.3 Å². The van der Waals surface area contributed by atoms with Gasteiger partial charge in [-0.05, 0) is 51.9 Å². The SMILES string of the molecule is CCCOc1ccc(S(=O)(=O)N2CCN(C)CC2)cc1-c1nc2c(CCC)n(Cc3c(C)noc3C)nc2c(=O)[nH]1. The molecule has 0 unspecified atom stereocenters. The maximum absolute atomic E-state index is 13.6. The van der Waals surface area contributed by atoms with Gasteiger partial charge in [0.1, 0.15) is 22.9 Å². The molecule has 13 heteroatoms. The van der Waals surface area contributed by atoms with Gasteiger partial charge in [-0.3, -0.25) is 9.48 Å². The molecule has 5 rings (SSSR count). The average molecular weight is 584 g/mol. The number of aryl methyl sites for hydroxylation is 3. The Morgan fingerprint density at radius 2 is 1.83 bits per heavy atom. The molecule has 0 spiro atoms. The number of ether oxygens (including phenoxy) is 1. The summed E-state index contributed by atoms with van der Waals surface area (Å²) in [7, 11) is -1.78. The molecule has 1 aliphatic heterocycles. The number of sulfonamides is 1. The quantitative estimate of drug-likeness (QED) is 0.298. The largest absolute Gasteiger partial charge is 0.493 e. The lowest BCUT2D eigenvalue weighted by Crippen LogP contribution is -2.47. The summed E-state index contributed by atoms with van der Waals surface area (Å²) in [6, 6.07) is 4.76. The van der Waals surface area contributed by atoms with Crippen LogP contribution in [0.1, 0.15) is 49.4 Å². The summed E-state index contributed by atoms with van der Waals surface area (Å²) in [6.45, 7) is 10.7. The van der Waals surface area contributed by atoms with Gasteiger partial charge in [0, 0.05) is 31.7 Å². The second-order valence-corrected chi connectivity index (χ2v) is 12.4. The van der Waals surface area contributed by atoms with E-state index in [9.17, 15) is 13.2 Å². The Labute approximate surface area is 239 Å². The third-order valence-electron chi connectivity index (χ3n) is 7.44. The summed E-state index contributed by atoms with van der Waals surface area (Å²) in [5.74, 6) is 1.38. The van der Waals surface area contributed by atoms with Crippen molar-refractivity contribution < 1.29 is 17.7 Å². The minimum Gasteiger partial charge on any atom is -0.493 e. The zero-order chi connectivity index (χ0) is 29.3. The molecule has 0 aliphatic carbocycles. The highest BCUT2D eigenvalue weighted by molar-refractivity contribution is 7.89. The number of rotatable bonds is 10. The molecule has 0 saturated carbocycles. The number of nitrogens with one attached hydrogen (secondary N) is 1. The van der Waals surface area contributed by atoms with Gasteiger partial charge in [0.15, 0.2) is 5.52 Å². The highest BCUT2D eigenvalue weighted by Crippen LogP contribution is 2.32. The topological polar surface area (TPSA) is 139 Å². The maximum Gasteiger partial charge on any atom is 0.279 e. The van der Waals surface area contributed by atoms with E-state index in [1.165, 1.54) is 4.31 Å². The van der Waals surface area contributed by atoms with Crippen LogP contribution in [0.4, 0.5) is 0 Å². The van der Waals surface area contributed by atoms with Crippen molar-refractivity contribution in [2.45, 2.75) is 58.4 Å². The molecule has 1 N–H and O–H groups in total. The number of piperazine rings is 1. The van der Waals surface area contributed by atoms with Crippen molar-refractivity contribution >= 4 is 21.1 Å². The zero-order valence-corrected chi connectivity index (χ0v) is 25.0. The van der Waals surface area contributed by atoms with E-state index in [1.54, 1.807) is 22.9 Å². The summed E-state index contributed by atoms with van der Waals surface area (Å²) in [4.78, 5) is 23.3. The van der Waals surface area contributed by atoms with Crippen LogP contribution < -0.4 is 10.3 Å². The molecular weight excluding hydrogens is 546 g/mol. The molecule has 220 valence electrons. The number of fused-ring (bicyclic) bond motifs is 1. The van der Waals surface area contributed by atoms with E-state index < -0.39 is 15.6 Å². The maximum atomic E-state index is 13.6. The third-order valence-corrected chi connectivity index (χ3v) is 9.34. The van der Waals surface area contributed by atoms with Gasteiger partial charge in [0.2, 0.25) is 10.0 Å². The molecule has 3 aromatic heterocycles. The fourth-order valence-corrected chi connectivity index (χ4v) is 6.50. The Kier molecular flexibility index (Phi) is 8.30. The summed E-state index contributed by atoms with van der Waals surface area (Å²) >= 11 is 0. The van der Waals surface area contributed by atoms with Crippen LogP contribution in [0.25, 0.3) is 22.4 Å². The molecule has 4 heterocycles. The predicted octanol–water partition coefficient (Wildman–Crippen LogP) is 3.12. The van der Waals surface area contributed by atoms with Gasteiger partial charge >= 0.3 is 0 Å². The van der Waals surface area contributed by atoms with Gasteiger partial charge in [0.25, 0.3) is 5.56 Å². The summed E-state index contributed by atoms with van der Waals surface area (Å²) in [6.07, 6.45) is 2.22. The van der Waals surface area contributed by atoms with E-state index in [1.807, 2.05) is 27.8 Å². The second kappa shape index (κ2) is 11.7. The minimum absolute atomic E-state index is 0.131. The normalized spacial score (nSPS) is 15.1. The molecule has 0 radical (unpaired) electrons. The van der Waals surface area contributed by atoms with Gasteiger partial charge in [-0.15, -0.1) is 0 Å². The Morgan fingerprint density at radius 3 is 2.49 bits per heavy atom. The molecule has 1 saturated heterocycles. The number of hydrogen-bond acceptors (Lipinski definition) is 9. The summed E-state index contributed by atoms with van der Waals surface area (Å²) in [5, 5.41) is 8.67. The number of aromatic nitrogens is 5. The van der Waals surface area contributed by atoms with E-state index >= 15 is 0 Å². The zero-order valence-electron chi connectivity index (χ0n) is 24.2. The molecule has 0 bridgehead atoms. The molecular formula is C28H37N7O5S. The Balaban J connectivity index is 1.63. The van der Waals surface area contributed by atoms with E-state index in [2.05, 4.69) is 27.1 Å². The number of hydrogen-bond donors (Lipinski definition) is 1. The van der Waals surface area contributed by atoms with E-state index in [4.69, 9.17) is 14.2 Å². The number of likely N-dealkylation sites (N-methyl/N-ethyl adjacent to an activating group) is 1. The lowest BCUT2D eigenvalue weighted by Gasteiger charge is -2.31. The first-order valence-corrected chi connectivity index (χ1v) is 15.4. The summed E-state index contributed by atoms with van der Waals surface area (Å²) in [5.41, 5.74) is 3.19. The van der Waals surface area contributed by atoms with Gasteiger partial charge in [0.05, 0.1) is 35.0 Å². The smallest absolute Gasteiger partial charge is 0.279 e. The van der Waals surface area contributed by atoms with Crippen LogP contribution in [0.2, 0.25) is 0 Å². The van der Waals surface area contributed by atoms with Crippen molar-refractivity contribution in [1.82, 2.24) is 34.1 Å². The molecule has 1 aliphatic rings. The van der Waals surface area contributed by atoms with Crippen LogP contribution >= 0.6 is 0 Å². The predicted molar refractivity (Wildman–Crippen MR) is 155 cm³/mol. The van der Waals surface area contributed by atoms with Gasteiger partial charge in [-0.1, -0.05) is 25.4 Å². The van der Waals surface area contributed by atoms with Crippen LogP contribution in [0, 0.1) is 13.8 Å². The lowest BCUT2D eigenvalue weighted by atomic mass is 10.1. The first-order valence-electron chi connectivity index (χ1n) is 14.0. The van der Waals surface area contributed by atoms with Crippen molar-refractivity contribution in [1.29, 1.82) is 0 Å². The Hall–Kier alpha value is -3.55. The standard InChI is InChI=1S/C28H37N7O5S/c1-6-8-23-25-26(31-35(23)17-22-18(3)32-40-19(22)4)28(36)30-27(29-25)21-16-20(9-10-24(21)39-15-7-2)41(37,38)34-13-11-33(5)12-14-34/h9-10,16H,6-8,11-15,17H2,1-5H3,(H,29,30,36). The molecule has 0 amide bonds. The first kappa shape index (κ1) is 29.0. The van der Waals surface area contributed by atoms with E-state index in [-0.39, 0.29) is 16.2 Å². The number of benzene rings is 1. The number of aromatic amines is 1. The van der Waals surface area contributed by atoms with Crippen molar-refractivity contribution in [3.05, 3.63) is 51.3 Å². The highest BCUT2D eigenvalue weighted by Gasteiger charge is 2.29. The monoisotopic (exact) mass is 583 g/mol. The van der Waals surface area contributed by atoms with Crippen LogP contribution in [0.15, 0.2) is 32.4 Å². The van der Waals surface area contributed by atoms with Crippen molar-refractivity contribution in [2.24, 2.45) is 0 Å². The molecule has 12 nitrogen and oxygen atoms in total. The lowest BCUT2D eigenvalue weighted by molar-refractivity contribution is 0.222. The second-order valence-electron chi connectivity index (χ2n) is 10.5. The van der Waals surface area contributed by atoms with E-state index in [0.717, 1.165) is 29.8 Å². The van der Waals surface area contributed by atoms with Gasteiger partial charge in [-0.25, -0.2) is 13.4 Å². The number of nitrogens with zero attached hydrogens (tertiary/aromatic N) is 6. The molecule has 1 fully saturated rings. The fourth-order valence-electron chi connectivity index (χ4n) is 5.05. The molecule has 1 aromatic carbocycles. The highest BCUT2D eigenvalue weighted by atomic mass is 32.2.